The fraction of sp³-hybridized carbons (Fsp3) is 0.941. The number of esters is 1. The summed E-state index contributed by atoms with van der Waals surface area (Å²) in [7, 11) is 0. The highest BCUT2D eigenvalue weighted by atomic mass is 19.4. The van der Waals surface area contributed by atoms with Gasteiger partial charge < -0.3 is 14.6 Å². The quantitative estimate of drug-likeness (QED) is 0.778. The summed E-state index contributed by atoms with van der Waals surface area (Å²) in [6, 6.07) is 0. The van der Waals surface area contributed by atoms with E-state index < -0.39 is 30.1 Å². The van der Waals surface area contributed by atoms with Crippen LogP contribution in [-0.4, -0.2) is 34.7 Å². The van der Waals surface area contributed by atoms with Gasteiger partial charge in [0.25, 0.3) is 5.79 Å². The van der Waals surface area contributed by atoms with Gasteiger partial charge in [-0.3, -0.25) is 4.79 Å². The van der Waals surface area contributed by atoms with E-state index in [1.807, 2.05) is 0 Å². The third kappa shape index (κ3) is 2.46. The number of fused-ring (bicyclic) bond motifs is 3. The van der Waals surface area contributed by atoms with Crippen LogP contribution in [0, 0.1) is 17.8 Å². The van der Waals surface area contributed by atoms with Crippen molar-refractivity contribution < 1.29 is 32.5 Å². The zero-order valence-corrected chi connectivity index (χ0v) is 13.5. The van der Waals surface area contributed by atoms with Crippen LogP contribution >= 0.6 is 0 Å². The van der Waals surface area contributed by atoms with Crippen LogP contribution in [0.25, 0.3) is 0 Å². The summed E-state index contributed by atoms with van der Waals surface area (Å²) in [6.07, 6.45) is -0.428. The largest absolute Gasteiger partial charge is 0.456 e. The van der Waals surface area contributed by atoms with E-state index in [9.17, 15) is 23.1 Å². The Hall–Kier alpha value is -0.820. The molecule has 4 nitrogen and oxygen atoms in total. The van der Waals surface area contributed by atoms with Gasteiger partial charge >= 0.3 is 12.1 Å². The van der Waals surface area contributed by atoms with Crippen LogP contribution in [0.15, 0.2) is 0 Å². The molecule has 4 aliphatic rings. The number of hydrogen-bond donors (Lipinski definition) is 1. The highest BCUT2D eigenvalue weighted by molar-refractivity contribution is 5.74. The van der Waals surface area contributed by atoms with Crippen LogP contribution in [0.2, 0.25) is 0 Å². The minimum absolute atomic E-state index is 0.194. The van der Waals surface area contributed by atoms with E-state index in [1.165, 1.54) is 0 Å². The Labute approximate surface area is 138 Å². The molecule has 1 saturated heterocycles. The van der Waals surface area contributed by atoms with Crippen LogP contribution in [0.1, 0.15) is 57.8 Å². The molecule has 0 aromatic rings. The second kappa shape index (κ2) is 5.34. The van der Waals surface area contributed by atoms with Crippen molar-refractivity contribution in [3.05, 3.63) is 0 Å². The molecule has 0 amide bonds. The lowest BCUT2D eigenvalue weighted by atomic mass is 9.79. The molecule has 3 aliphatic carbocycles. The number of halogens is 3. The number of rotatable bonds is 2. The first kappa shape index (κ1) is 16.6. The van der Waals surface area contributed by atoms with Crippen molar-refractivity contribution in [1.82, 2.24) is 0 Å². The van der Waals surface area contributed by atoms with Gasteiger partial charge in [-0.1, -0.05) is 12.8 Å². The summed E-state index contributed by atoms with van der Waals surface area (Å²) in [5.41, 5.74) is -1.33. The van der Waals surface area contributed by atoms with Crippen molar-refractivity contribution in [3.8, 4) is 0 Å². The molecule has 6 unspecified atom stereocenters. The zero-order chi connectivity index (χ0) is 17.2. The first-order valence-electron chi connectivity index (χ1n) is 8.92. The Balaban J connectivity index is 1.54. The Bertz CT molecular complexity index is 536. The summed E-state index contributed by atoms with van der Waals surface area (Å²) in [5.74, 6) is -2.93. The van der Waals surface area contributed by atoms with E-state index >= 15 is 0 Å². The highest BCUT2D eigenvalue weighted by Gasteiger charge is 2.69. The molecule has 1 aliphatic heterocycles. The van der Waals surface area contributed by atoms with Crippen molar-refractivity contribution in [3.63, 3.8) is 0 Å². The van der Waals surface area contributed by atoms with Gasteiger partial charge in [-0.15, -0.1) is 0 Å². The summed E-state index contributed by atoms with van der Waals surface area (Å²) < 4.78 is 50.3. The molecule has 1 heterocycles. The number of ether oxygens (including phenoxy) is 2. The maximum absolute atomic E-state index is 13.2. The second-order valence-corrected chi connectivity index (χ2v) is 8.08. The van der Waals surface area contributed by atoms with E-state index in [0.29, 0.717) is 37.5 Å². The van der Waals surface area contributed by atoms with Crippen LogP contribution in [-0.2, 0) is 14.3 Å². The van der Waals surface area contributed by atoms with E-state index in [0.717, 1.165) is 25.7 Å². The highest BCUT2D eigenvalue weighted by Crippen LogP contribution is 2.54. The molecule has 6 atom stereocenters. The molecule has 0 radical (unpaired) electrons. The lowest BCUT2D eigenvalue weighted by molar-refractivity contribution is -0.357. The molecular weight excluding hydrogens is 325 g/mol. The third-order valence-electron chi connectivity index (χ3n) is 6.57. The van der Waals surface area contributed by atoms with Gasteiger partial charge in [0.2, 0.25) is 0 Å². The minimum atomic E-state index is -4.89. The number of carbonyl (C=O) groups is 1. The average molecular weight is 348 g/mol. The van der Waals surface area contributed by atoms with Crippen molar-refractivity contribution in [2.24, 2.45) is 17.8 Å². The first-order valence-corrected chi connectivity index (χ1v) is 8.92. The fourth-order valence-corrected chi connectivity index (χ4v) is 5.36. The molecule has 0 spiro atoms. The molecule has 0 aromatic carbocycles. The maximum Gasteiger partial charge on any atom is 0.443 e. The lowest BCUT2D eigenvalue weighted by Crippen LogP contribution is -2.48. The predicted molar refractivity (Wildman–Crippen MR) is 76.7 cm³/mol. The fourth-order valence-electron chi connectivity index (χ4n) is 5.36. The molecule has 0 aromatic heterocycles. The molecule has 3 saturated carbocycles. The number of alkyl halides is 3. The van der Waals surface area contributed by atoms with Gasteiger partial charge in [-0.05, 0) is 50.4 Å². The van der Waals surface area contributed by atoms with Gasteiger partial charge in [-0.2, -0.15) is 13.2 Å². The maximum atomic E-state index is 13.2. The molecule has 7 heteroatoms. The van der Waals surface area contributed by atoms with Gasteiger partial charge in [0, 0.05) is 0 Å². The molecule has 136 valence electrons. The van der Waals surface area contributed by atoms with Gasteiger partial charge in [-0.25, -0.2) is 0 Å². The normalized spacial score (nSPS) is 47.7. The van der Waals surface area contributed by atoms with Gasteiger partial charge in [0.1, 0.15) is 11.7 Å². The molecule has 4 fully saturated rings. The van der Waals surface area contributed by atoms with E-state index in [1.54, 1.807) is 0 Å². The summed E-state index contributed by atoms with van der Waals surface area (Å²) in [5, 5.41) is 9.97. The van der Waals surface area contributed by atoms with Crippen molar-refractivity contribution >= 4 is 5.97 Å². The van der Waals surface area contributed by atoms with Crippen LogP contribution in [0.3, 0.4) is 0 Å². The number of carbonyl (C=O) groups excluding carboxylic acids is 1. The summed E-state index contributed by atoms with van der Waals surface area (Å²) in [6.45, 7) is 0. The summed E-state index contributed by atoms with van der Waals surface area (Å²) >= 11 is 0. The van der Waals surface area contributed by atoms with Gasteiger partial charge in [0.05, 0.1) is 12.3 Å². The van der Waals surface area contributed by atoms with E-state index in [-0.39, 0.29) is 11.9 Å². The van der Waals surface area contributed by atoms with E-state index in [2.05, 4.69) is 0 Å². The first-order chi connectivity index (χ1) is 11.2. The second-order valence-electron chi connectivity index (χ2n) is 8.08. The molecule has 1 N–H and O–H groups in total. The standard InChI is InChI=1S/C17H23F3O4/c18-17(19,20)16(22)9-15(6-2-1-3-13(15)23-16)24-14(21)12-8-10-4-5-11(12)7-10/h10-13,22H,1-9H2. The molecule has 2 bridgehead atoms. The zero-order valence-electron chi connectivity index (χ0n) is 13.5. The van der Waals surface area contributed by atoms with Crippen molar-refractivity contribution in [2.75, 3.05) is 0 Å². The average Bonchev–Trinajstić information content (AvgIpc) is 3.17. The Morgan fingerprint density at radius 2 is 1.96 bits per heavy atom. The predicted octanol–water partition coefficient (Wildman–Crippen LogP) is 3.32. The number of hydrogen-bond acceptors (Lipinski definition) is 4. The van der Waals surface area contributed by atoms with Crippen LogP contribution in [0.5, 0.6) is 0 Å². The Morgan fingerprint density at radius 3 is 2.58 bits per heavy atom. The topological polar surface area (TPSA) is 55.8 Å². The van der Waals surface area contributed by atoms with Gasteiger partial charge in [0.15, 0.2) is 0 Å². The molecule has 24 heavy (non-hydrogen) atoms. The molecular formula is C17H23F3O4. The lowest BCUT2D eigenvalue weighted by Gasteiger charge is -2.38. The molecule has 4 rings (SSSR count). The van der Waals surface area contributed by atoms with Crippen molar-refractivity contribution in [2.45, 2.75) is 81.5 Å². The Kier molecular flexibility index (Phi) is 3.70. The van der Waals surface area contributed by atoms with Crippen LogP contribution < -0.4 is 0 Å². The van der Waals surface area contributed by atoms with E-state index in [4.69, 9.17) is 9.47 Å². The van der Waals surface area contributed by atoms with Crippen molar-refractivity contribution in [1.29, 1.82) is 0 Å². The summed E-state index contributed by atoms with van der Waals surface area (Å²) in [4.78, 5) is 12.7. The third-order valence-corrected chi connectivity index (χ3v) is 6.57. The minimum Gasteiger partial charge on any atom is -0.456 e. The van der Waals surface area contributed by atoms with Crippen LogP contribution in [0.4, 0.5) is 13.2 Å². The SMILES string of the molecule is O=C(OC12CCCCC1OC(O)(C(F)(F)F)C2)C1CC2CCC1C2. The Morgan fingerprint density at radius 1 is 1.17 bits per heavy atom. The smallest absolute Gasteiger partial charge is 0.443 e. The monoisotopic (exact) mass is 348 g/mol. The number of aliphatic hydroxyl groups is 1.